The summed E-state index contributed by atoms with van der Waals surface area (Å²) >= 11 is 0. The molecule has 0 fully saturated rings. The summed E-state index contributed by atoms with van der Waals surface area (Å²) in [7, 11) is 2.97. The maximum atomic E-state index is 13.5. The molecule has 0 spiro atoms. The Kier molecular flexibility index (Phi) is 4.85. The number of nitrogens with one attached hydrogen (secondary N) is 1. The summed E-state index contributed by atoms with van der Waals surface area (Å²) in [6.07, 6.45) is -0.743. The normalized spacial score (nSPS) is 16.9. The molecular weight excluding hydrogens is 386 g/mol. The van der Waals surface area contributed by atoms with E-state index in [4.69, 9.17) is 9.47 Å². The number of hydrogen-bond donors (Lipinski definition) is 1. The molecule has 0 aromatic heterocycles. The number of anilines is 1. The molecule has 0 bridgehead atoms. The zero-order valence-electron chi connectivity index (χ0n) is 17.3. The zero-order valence-corrected chi connectivity index (χ0v) is 17.3. The molecule has 0 saturated heterocycles. The lowest BCUT2D eigenvalue weighted by Gasteiger charge is -2.40. The summed E-state index contributed by atoms with van der Waals surface area (Å²) < 4.78 is 10.8. The standard InChI is InChI=1S/C22H23N3O5/c1-12(2)23-17(26)11-24-20-14-9-10-16(29-3)19(30-4)18(14)22(28)25(20)15-8-6-5-7-13(15)21(24)27/h5-10,12,20H,11H2,1-4H3,(H,23,26). The first-order valence-electron chi connectivity index (χ1n) is 9.66. The van der Waals surface area contributed by atoms with E-state index in [-0.39, 0.29) is 30.3 Å². The van der Waals surface area contributed by atoms with E-state index in [1.54, 1.807) is 41.3 Å². The third-order valence-corrected chi connectivity index (χ3v) is 5.25. The van der Waals surface area contributed by atoms with Gasteiger partial charge in [0, 0.05) is 11.6 Å². The predicted molar refractivity (Wildman–Crippen MR) is 110 cm³/mol. The molecule has 8 heteroatoms. The van der Waals surface area contributed by atoms with E-state index in [9.17, 15) is 14.4 Å². The Bertz CT molecular complexity index is 1050. The lowest BCUT2D eigenvalue weighted by Crippen LogP contribution is -2.52. The van der Waals surface area contributed by atoms with E-state index in [0.717, 1.165) is 0 Å². The van der Waals surface area contributed by atoms with Gasteiger partial charge in [0.25, 0.3) is 11.8 Å². The SMILES string of the molecule is COc1ccc2c(c1OC)C(=O)N1c3ccccc3C(=O)N(CC(=O)NC(C)C)C21. The van der Waals surface area contributed by atoms with Crippen LogP contribution in [0, 0.1) is 0 Å². The van der Waals surface area contributed by atoms with Crippen molar-refractivity contribution in [2.24, 2.45) is 0 Å². The summed E-state index contributed by atoms with van der Waals surface area (Å²) in [5, 5.41) is 2.81. The molecule has 1 atom stereocenters. The van der Waals surface area contributed by atoms with Crippen LogP contribution in [0.3, 0.4) is 0 Å². The van der Waals surface area contributed by atoms with Gasteiger partial charge in [-0.25, -0.2) is 0 Å². The average molecular weight is 409 g/mol. The highest BCUT2D eigenvalue weighted by atomic mass is 16.5. The summed E-state index contributed by atoms with van der Waals surface area (Å²) in [5.41, 5.74) is 1.81. The fourth-order valence-corrected chi connectivity index (χ4v) is 4.11. The van der Waals surface area contributed by atoms with Gasteiger partial charge in [0.05, 0.1) is 31.0 Å². The Morgan fingerprint density at radius 3 is 2.47 bits per heavy atom. The molecule has 1 unspecified atom stereocenters. The van der Waals surface area contributed by atoms with Crippen LogP contribution in [0.1, 0.15) is 46.3 Å². The van der Waals surface area contributed by atoms with Crippen LogP contribution >= 0.6 is 0 Å². The van der Waals surface area contributed by atoms with Crippen LogP contribution in [0.25, 0.3) is 0 Å². The third-order valence-electron chi connectivity index (χ3n) is 5.25. The topological polar surface area (TPSA) is 88.2 Å². The molecule has 2 aromatic carbocycles. The van der Waals surface area contributed by atoms with Gasteiger partial charge in [-0.1, -0.05) is 18.2 Å². The molecule has 8 nitrogen and oxygen atoms in total. The van der Waals surface area contributed by atoms with Crippen LogP contribution in [0.15, 0.2) is 36.4 Å². The molecular formula is C22H23N3O5. The lowest BCUT2D eigenvalue weighted by molar-refractivity contribution is -0.122. The Labute approximate surface area is 174 Å². The number of methoxy groups -OCH3 is 2. The third kappa shape index (κ3) is 2.87. The Hall–Kier alpha value is -3.55. The van der Waals surface area contributed by atoms with Crippen LogP contribution in [0.5, 0.6) is 11.5 Å². The van der Waals surface area contributed by atoms with Crippen molar-refractivity contribution in [3.8, 4) is 11.5 Å². The maximum absolute atomic E-state index is 13.5. The van der Waals surface area contributed by atoms with Crippen LogP contribution in [-0.2, 0) is 4.79 Å². The highest BCUT2D eigenvalue weighted by Gasteiger charge is 2.50. The van der Waals surface area contributed by atoms with Crippen molar-refractivity contribution >= 4 is 23.4 Å². The molecule has 0 saturated carbocycles. The molecule has 2 aliphatic rings. The van der Waals surface area contributed by atoms with Crippen molar-refractivity contribution in [1.82, 2.24) is 10.2 Å². The number of fused-ring (bicyclic) bond motifs is 5. The number of carbonyl (C=O) groups excluding carboxylic acids is 3. The molecule has 2 aliphatic heterocycles. The molecule has 1 N–H and O–H groups in total. The number of nitrogens with zero attached hydrogens (tertiary/aromatic N) is 2. The molecule has 0 aliphatic carbocycles. The first-order valence-corrected chi connectivity index (χ1v) is 9.66. The van der Waals surface area contributed by atoms with E-state index < -0.39 is 6.17 Å². The molecule has 156 valence electrons. The fraction of sp³-hybridized carbons (Fsp3) is 0.318. The molecule has 3 amide bonds. The van der Waals surface area contributed by atoms with Gasteiger partial charge in [0.1, 0.15) is 12.7 Å². The minimum absolute atomic E-state index is 0.0670. The van der Waals surface area contributed by atoms with Crippen molar-refractivity contribution in [3.05, 3.63) is 53.1 Å². The molecule has 2 heterocycles. The van der Waals surface area contributed by atoms with Crippen molar-refractivity contribution in [2.45, 2.75) is 26.1 Å². The summed E-state index contributed by atoms with van der Waals surface area (Å²) in [6, 6.07) is 10.3. The first kappa shape index (κ1) is 19.8. The second-order valence-corrected chi connectivity index (χ2v) is 7.49. The van der Waals surface area contributed by atoms with Gasteiger partial charge in [0.2, 0.25) is 5.91 Å². The smallest absolute Gasteiger partial charge is 0.264 e. The maximum Gasteiger partial charge on any atom is 0.264 e. The largest absolute Gasteiger partial charge is 0.493 e. The Balaban J connectivity index is 1.89. The fourth-order valence-electron chi connectivity index (χ4n) is 4.11. The minimum atomic E-state index is -0.743. The van der Waals surface area contributed by atoms with Gasteiger partial charge in [-0.05, 0) is 32.0 Å². The van der Waals surface area contributed by atoms with Gasteiger partial charge >= 0.3 is 0 Å². The highest BCUT2D eigenvalue weighted by molar-refractivity contribution is 6.18. The summed E-state index contributed by atoms with van der Waals surface area (Å²) in [6.45, 7) is 3.53. The molecule has 2 aromatic rings. The Morgan fingerprint density at radius 1 is 1.07 bits per heavy atom. The van der Waals surface area contributed by atoms with Gasteiger partial charge < -0.3 is 19.7 Å². The Morgan fingerprint density at radius 2 is 1.80 bits per heavy atom. The molecule has 30 heavy (non-hydrogen) atoms. The van der Waals surface area contributed by atoms with Gasteiger partial charge in [-0.15, -0.1) is 0 Å². The lowest BCUT2D eigenvalue weighted by atomic mass is 10.0. The number of benzene rings is 2. The molecule has 4 rings (SSSR count). The van der Waals surface area contributed by atoms with Crippen molar-refractivity contribution in [3.63, 3.8) is 0 Å². The van der Waals surface area contributed by atoms with E-state index in [1.807, 2.05) is 13.8 Å². The van der Waals surface area contributed by atoms with E-state index in [1.165, 1.54) is 19.1 Å². The second kappa shape index (κ2) is 7.37. The van der Waals surface area contributed by atoms with Crippen molar-refractivity contribution in [2.75, 3.05) is 25.7 Å². The van der Waals surface area contributed by atoms with Crippen LogP contribution in [0.2, 0.25) is 0 Å². The van der Waals surface area contributed by atoms with E-state index >= 15 is 0 Å². The van der Waals surface area contributed by atoms with Crippen LogP contribution in [-0.4, -0.2) is 49.4 Å². The predicted octanol–water partition coefficient (Wildman–Crippen LogP) is 2.34. The van der Waals surface area contributed by atoms with Crippen LogP contribution < -0.4 is 19.7 Å². The van der Waals surface area contributed by atoms with Crippen LogP contribution in [0.4, 0.5) is 5.69 Å². The monoisotopic (exact) mass is 409 g/mol. The van der Waals surface area contributed by atoms with Gasteiger partial charge in [-0.2, -0.15) is 0 Å². The second-order valence-electron chi connectivity index (χ2n) is 7.49. The first-order chi connectivity index (χ1) is 14.4. The number of amides is 3. The van der Waals surface area contributed by atoms with Gasteiger partial charge in [-0.3, -0.25) is 19.3 Å². The quantitative estimate of drug-likeness (QED) is 0.819. The highest BCUT2D eigenvalue weighted by Crippen LogP contribution is 2.49. The van der Waals surface area contributed by atoms with Crippen molar-refractivity contribution in [1.29, 1.82) is 0 Å². The number of hydrogen-bond acceptors (Lipinski definition) is 5. The molecule has 0 radical (unpaired) electrons. The van der Waals surface area contributed by atoms with Gasteiger partial charge in [0.15, 0.2) is 11.5 Å². The summed E-state index contributed by atoms with van der Waals surface area (Å²) in [4.78, 5) is 42.3. The number of rotatable bonds is 5. The average Bonchev–Trinajstić information content (AvgIpc) is 3.02. The van der Waals surface area contributed by atoms with E-state index in [0.29, 0.717) is 33.9 Å². The number of para-hydroxylation sites is 1. The van der Waals surface area contributed by atoms with Crippen molar-refractivity contribution < 1.29 is 23.9 Å². The number of carbonyl (C=O) groups is 3. The summed E-state index contributed by atoms with van der Waals surface area (Å²) in [5.74, 6) is -0.167. The van der Waals surface area contributed by atoms with E-state index in [2.05, 4.69) is 5.32 Å². The zero-order chi connectivity index (χ0) is 21.6. The minimum Gasteiger partial charge on any atom is -0.493 e. The number of ether oxygens (including phenoxy) is 2.